The molecule has 0 heterocycles. The van der Waals surface area contributed by atoms with Gasteiger partial charge in [-0.3, -0.25) is 11.3 Å². The zero-order chi connectivity index (χ0) is 15.5. The van der Waals surface area contributed by atoms with Crippen LogP contribution < -0.4 is 11.3 Å². The lowest BCUT2D eigenvalue weighted by atomic mass is 9.98. The summed E-state index contributed by atoms with van der Waals surface area (Å²) in [5.74, 6) is 5.71. The summed E-state index contributed by atoms with van der Waals surface area (Å²) in [6.45, 7) is 4.30. The van der Waals surface area contributed by atoms with Crippen LogP contribution in [0.4, 0.5) is 0 Å². The molecule has 1 unspecified atom stereocenters. The first kappa shape index (κ1) is 18.5. The fourth-order valence-electron chi connectivity index (χ4n) is 2.75. The maximum absolute atomic E-state index is 6.38. The third-order valence-electron chi connectivity index (χ3n) is 4.14. The molecular weight excluding hydrogens is 280 g/mol. The van der Waals surface area contributed by atoms with Gasteiger partial charge in [0.2, 0.25) is 0 Å². The first-order valence-corrected chi connectivity index (χ1v) is 8.79. The molecule has 2 nitrogen and oxygen atoms in total. The summed E-state index contributed by atoms with van der Waals surface area (Å²) in [7, 11) is 0. The van der Waals surface area contributed by atoms with E-state index in [2.05, 4.69) is 24.5 Å². The molecule has 3 heteroatoms. The van der Waals surface area contributed by atoms with Gasteiger partial charge in [0.25, 0.3) is 0 Å². The number of unbranched alkanes of at least 4 members (excludes halogenated alkanes) is 7. The molecule has 21 heavy (non-hydrogen) atoms. The smallest absolute Gasteiger partial charge is 0.0483 e. The lowest BCUT2D eigenvalue weighted by Gasteiger charge is -2.18. The highest BCUT2D eigenvalue weighted by atomic mass is 35.5. The quantitative estimate of drug-likeness (QED) is 0.313. The number of rotatable bonds is 11. The maximum Gasteiger partial charge on any atom is 0.0483 e. The van der Waals surface area contributed by atoms with Gasteiger partial charge in [-0.15, -0.1) is 0 Å². The van der Waals surface area contributed by atoms with Crippen LogP contribution in [0.25, 0.3) is 0 Å². The second kappa shape index (κ2) is 11.1. The topological polar surface area (TPSA) is 38.0 Å². The first-order chi connectivity index (χ1) is 10.2. The Morgan fingerprint density at radius 1 is 1.05 bits per heavy atom. The van der Waals surface area contributed by atoms with Gasteiger partial charge in [0, 0.05) is 11.1 Å². The van der Waals surface area contributed by atoms with Gasteiger partial charge < -0.3 is 0 Å². The van der Waals surface area contributed by atoms with E-state index in [-0.39, 0.29) is 6.04 Å². The highest BCUT2D eigenvalue weighted by Crippen LogP contribution is 2.28. The minimum absolute atomic E-state index is 0.164. The minimum Gasteiger partial charge on any atom is -0.271 e. The van der Waals surface area contributed by atoms with Crippen LogP contribution in [0.3, 0.4) is 0 Å². The Morgan fingerprint density at radius 3 is 2.29 bits per heavy atom. The predicted molar refractivity (Wildman–Crippen MR) is 93.5 cm³/mol. The largest absolute Gasteiger partial charge is 0.271 e. The van der Waals surface area contributed by atoms with E-state index in [1.807, 2.05) is 13.0 Å². The van der Waals surface area contributed by atoms with Crippen molar-refractivity contribution in [1.82, 2.24) is 5.43 Å². The Balaban J connectivity index is 2.27. The Morgan fingerprint density at radius 2 is 1.67 bits per heavy atom. The zero-order valence-electron chi connectivity index (χ0n) is 13.6. The van der Waals surface area contributed by atoms with Crippen molar-refractivity contribution in [3.63, 3.8) is 0 Å². The van der Waals surface area contributed by atoms with Crippen LogP contribution >= 0.6 is 11.6 Å². The van der Waals surface area contributed by atoms with E-state index in [0.717, 1.165) is 22.6 Å². The van der Waals surface area contributed by atoms with Crippen molar-refractivity contribution >= 4 is 11.6 Å². The third-order valence-corrected chi connectivity index (χ3v) is 4.66. The van der Waals surface area contributed by atoms with Crippen LogP contribution in [-0.2, 0) is 0 Å². The number of nitrogens with one attached hydrogen (secondary N) is 1. The molecule has 0 aromatic heterocycles. The molecule has 0 saturated heterocycles. The fourth-order valence-corrected chi connectivity index (χ4v) is 3.01. The van der Waals surface area contributed by atoms with Crippen molar-refractivity contribution in [2.45, 2.75) is 77.7 Å². The van der Waals surface area contributed by atoms with Gasteiger partial charge >= 0.3 is 0 Å². The van der Waals surface area contributed by atoms with Gasteiger partial charge in [-0.05, 0) is 24.5 Å². The van der Waals surface area contributed by atoms with Gasteiger partial charge in [-0.1, -0.05) is 88.1 Å². The van der Waals surface area contributed by atoms with E-state index in [9.17, 15) is 0 Å². The van der Waals surface area contributed by atoms with Gasteiger partial charge in [-0.2, -0.15) is 0 Å². The predicted octanol–water partition coefficient (Wildman–Crippen LogP) is 5.68. The van der Waals surface area contributed by atoms with E-state index < -0.39 is 0 Å². The van der Waals surface area contributed by atoms with Crippen LogP contribution in [0.15, 0.2) is 18.2 Å². The summed E-state index contributed by atoms with van der Waals surface area (Å²) in [6.07, 6.45) is 11.7. The molecular formula is C18H31ClN2. The number of aryl methyl sites for hydroxylation is 1. The van der Waals surface area contributed by atoms with E-state index in [4.69, 9.17) is 17.4 Å². The summed E-state index contributed by atoms with van der Waals surface area (Å²) < 4.78 is 0. The number of benzene rings is 1. The lowest BCUT2D eigenvalue weighted by molar-refractivity contribution is 0.475. The normalized spacial score (nSPS) is 12.6. The second-order valence-corrected chi connectivity index (χ2v) is 6.34. The fraction of sp³-hybridized carbons (Fsp3) is 0.667. The maximum atomic E-state index is 6.38. The molecule has 1 aromatic carbocycles. The standard InChI is InChI=1S/C18H31ClN2/c1-3-4-5-6-7-8-9-10-14-17(21-20)16-13-11-12-15(2)18(16)19/h11-13,17,21H,3-10,14,20H2,1-2H3. The van der Waals surface area contributed by atoms with E-state index in [1.54, 1.807) is 0 Å². The molecule has 0 spiro atoms. The van der Waals surface area contributed by atoms with Crippen molar-refractivity contribution in [2.75, 3.05) is 0 Å². The van der Waals surface area contributed by atoms with Gasteiger partial charge in [0.05, 0.1) is 0 Å². The van der Waals surface area contributed by atoms with Crippen LogP contribution in [0.2, 0.25) is 5.02 Å². The number of halogens is 1. The molecule has 0 aliphatic rings. The average Bonchev–Trinajstić information content (AvgIpc) is 2.49. The molecule has 0 amide bonds. The van der Waals surface area contributed by atoms with E-state index in [1.165, 1.54) is 51.4 Å². The molecule has 1 aromatic rings. The van der Waals surface area contributed by atoms with Crippen LogP contribution in [0.5, 0.6) is 0 Å². The Hall–Kier alpha value is -0.570. The Kier molecular flexibility index (Phi) is 9.73. The average molecular weight is 311 g/mol. The summed E-state index contributed by atoms with van der Waals surface area (Å²) in [6, 6.07) is 6.33. The SMILES string of the molecule is CCCCCCCCCCC(NN)c1cccc(C)c1Cl. The van der Waals surface area contributed by atoms with Crippen LogP contribution in [0.1, 0.15) is 81.9 Å². The van der Waals surface area contributed by atoms with Gasteiger partial charge in [0.1, 0.15) is 0 Å². The molecule has 1 rings (SSSR count). The molecule has 0 fully saturated rings. The molecule has 120 valence electrons. The molecule has 1 atom stereocenters. The summed E-state index contributed by atoms with van der Waals surface area (Å²) in [4.78, 5) is 0. The zero-order valence-corrected chi connectivity index (χ0v) is 14.4. The van der Waals surface area contributed by atoms with Crippen molar-refractivity contribution in [2.24, 2.45) is 5.84 Å². The monoisotopic (exact) mass is 310 g/mol. The molecule has 0 radical (unpaired) electrons. The second-order valence-electron chi connectivity index (χ2n) is 5.96. The van der Waals surface area contributed by atoms with E-state index >= 15 is 0 Å². The van der Waals surface area contributed by atoms with Crippen LogP contribution in [-0.4, -0.2) is 0 Å². The van der Waals surface area contributed by atoms with Gasteiger partial charge in [0.15, 0.2) is 0 Å². The molecule has 0 saturated carbocycles. The number of hydrogen-bond donors (Lipinski definition) is 2. The van der Waals surface area contributed by atoms with Gasteiger partial charge in [-0.25, -0.2) is 0 Å². The van der Waals surface area contributed by atoms with Crippen molar-refractivity contribution in [3.05, 3.63) is 34.3 Å². The molecule has 0 bridgehead atoms. The van der Waals surface area contributed by atoms with Crippen molar-refractivity contribution in [1.29, 1.82) is 0 Å². The Labute approximate surface area is 135 Å². The molecule has 3 N–H and O–H groups in total. The number of nitrogens with two attached hydrogens (primary N) is 1. The molecule has 0 aliphatic carbocycles. The highest BCUT2D eigenvalue weighted by Gasteiger charge is 2.13. The van der Waals surface area contributed by atoms with E-state index in [0.29, 0.717) is 0 Å². The summed E-state index contributed by atoms with van der Waals surface area (Å²) >= 11 is 6.38. The minimum atomic E-state index is 0.164. The summed E-state index contributed by atoms with van der Waals surface area (Å²) in [5.41, 5.74) is 5.16. The number of hydrazine groups is 1. The lowest BCUT2D eigenvalue weighted by Crippen LogP contribution is -2.28. The highest BCUT2D eigenvalue weighted by molar-refractivity contribution is 6.32. The summed E-state index contributed by atoms with van der Waals surface area (Å²) in [5, 5.41) is 0.847. The van der Waals surface area contributed by atoms with Crippen LogP contribution in [0, 0.1) is 6.92 Å². The van der Waals surface area contributed by atoms with Crippen molar-refractivity contribution in [3.8, 4) is 0 Å². The third kappa shape index (κ3) is 6.82. The van der Waals surface area contributed by atoms with Crippen molar-refractivity contribution < 1.29 is 0 Å². The number of hydrogen-bond acceptors (Lipinski definition) is 2. The Bertz CT molecular complexity index is 393. The molecule has 0 aliphatic heterocycles. The first-order valence-electron chi connectivity index (χ1n) is 8.41.